The Hall–Kier alpha value is -3.09. The summed E-state index contributed by atoms with van der Waals surface area (Å²) in [6.45, 7) is 1.90. The van der Waals surface area contributed by atoms with Crippen molar-refractivity contribution in [1.29, 1.82) is 0 Å². The van der Waals surface area contributed by atoms with Gasteiger partial charge in [0.05, 0.1) is 19.8 Å². The third-order valence-electron chi connectivity index (χ3n) is 3.67. The molecule has 2 aromatic rings. The number of aromatic nitrogens is 1. The van der Waals surface area contributed by atoms with Crippen molar-refractivity contribution >= 4 is 11.9 Å². The molecule has 0 unspecified atom stereocenters. The molecule has 1 aromatic carbocycles. The summed E-state index contributed by atoms with van der Waals surface area (Å²) in [6, 6.07) is 8.89. The fraction of sp³-hybridized carbons (Fsp3) is 0.316. The lowest BCUT2D eigenvalue weighted by Crippen LogP contribution is -2.30. The van der Waals surface area contributed by atoms with E-state index in [0.29, 0.717) is 30.0 Å². The van der Waals surface area contributed by atoms with Gasteiger partial charge in [-0.25, -0.2) is 4.79 Å². The Morgan fingerprint density at radius 1 is 1.08 bits per heavy atom. The standard InChI is InChI=1S/C19H22N2O5/c1-13-4-6-15(11-21-13)19(23)26-12-18(22)20-9-8-14-5-7-16(24-2)17(10-14)25-3/h4-7,10-11H,8-9,12H2,1-3H3,(H,20,22). The number of aryl methyl sites for hydroxylation is 1. The Morgan fingerprint density at radius 3 is 2.50 bits per heavy atom. The van der Waals surface area contributed by atoms with Crippen LogP contribution in [0.1, 0.15) is 21.6 Å². The van der Waals surface area contributed by atoms with E-state index >= 15 is 0 Å². The number of methoxy groups -OCH3 is 2. The highest BCUT2D eigenvalue weighted by Gasteiger charge is 2.10. The van der Waals surface area contributed by atoms with Gasteiger partial charge in [-0.3, -0.25) is 9.78 Å². The van der Waals surface area contributed by atoms with Crippen LogP contribution in [0.3, 0.4) is 0 Å². The molecule has 1 N–H and O–H groups in total. The van der Waals surface area contributed by atoms with Crippen molar-refractivity contribution in [2.24, 2.45) is 0 Å². The van der Waals surface area contributed by atoms with Crippen molar-refractivity contribution in [2.75, 3.05) is 27.4 Å². The molecule has 138 valence electrons. The molecule has 0 fully saturated rings. The first-order chi connectivity index (χ1) is 12.5. The quantitative estimate of drug-likeness (QED) is 0.726. The molecule has 0 spiro atoms. The molecule has 0 aliphatic heterocycles. The third kappa shape index (κ3) is 5.47. The molecular formula is C19H22N2O5. The number of hydrogen-bond acceptors (Lipinski definition) is 6. The smallest absolute Gasteiger partial charge is 0.340 e. The average molecular weight is 358 g/mol. The molecule has 2 rings (SSSR count). The zero-order valence-corrected chi connectivity index (χ0v) is 15.1. The van der Waals surface area contributed by atoms with Gasteiger partial charge in [0.2, 0.25) is 0 Å². The van der Waals surface area contributed by atoms with Crippen LogP contribution in [-0.4, -0.2) is 44.2 Å². The van der Waals surface area contributed by atoms with Crippen LogP contribution < -0.4 is 14.8 Å². The molecule has 0 radical (unpaired) electrons. The fourth-order valence-electron chi connectivity index (χ4n) is 2.24. The lowest BCUT2D eigenvalue weighted by Gasteiger charge is -2.10. The normalized spacial score (nSPS) is 10.1. The number of esters is 1. The number of carbonyl (C=O) groups excluding carboxylic acids is 2. The number of ether oxygens (including phenoxy) is 3. The average Bonchev–Trinajstić information content (AvgIpc) is 2.66. The van der Waals surface area contributed by atoms with Gasteiger partial charge in [-0.2, -0.15) is 0 Å². The van der Waals surface area contributed by atoms with Crippen molar-refractivity contribution < 1.29 is 23.8 Å². The van der Waals surface area contributed by atoms with E-state index in [-0.39, 0.29) is 12.5 Å². The summed E-state index contributed by atoms with van der Waals surface area (Å²) in [5.74, 6) is 0.348. The number of pyridine rings is 1. The Bertz CT molecular complexity index is 759. The molecule has 0 saturated heterocycles. The SMILES string of the molecule is COc1ccc(CCNC(=O)COC(=O)c2ccc(C)nc2)cc1OC. The van der Waals surface area contributed by atoms with E-state index in [1.165, 1.54) is 6.20 Å². The van der Waals surface area contributed by atoms with Gasteiger partial charge in [0.25, 0.3) is 5.91 Å². The van der Waals surface area contributed by atoms with Crippen LogP contribution in [0.25, 0.3) is 0 Å². The summed E-state index contributed by atoms with van der Waals surface area (Å²) in [5, 5.41) is 2.71. The maximum atomic E-state index is 11.8. The van der Waals surface area contributed by atoms with Crippen LogP contribution in [0.2, 0.25) is 0 Å². The summed E-state index contributed by atoms with van der Waals surface area (Å²) in [7, 11) is 3.15. The van der Waals surface area contributed by atoms with E-state index in [1.807, 2.05) is 25.1 Å². The van der Waals surface area contributed by atoms with Crippen molar-refractivity contribution in [2.45, 2.75) is 13.3 Å². The second kappa shape index (κ2) is 9.41. The molecule has 0 aliphatic rings. The Morgan fingerprint density at radius 2 is 1.85 bits per heavy atom. The molecule has 0 bridgehead atoms. The Balaban J connectivity index is 1.75. The minimum Gasteiger partial charge on any atom is -0.493 e. The van der Waals surface area contributed by atoms with Crippen LogP contribution in [0.15, 0.2) is 36.5 Å². The molecular weight excluding hydrogens is 336 g/mol. The highest BCUT2D eigenvalue weighted by molar-refractivity contribution is 5.90. The van der Waals surface area contributed by atoms with Gasteiger partial charge in [-0.05, 0) is 43.2 Å². The first kappa shape index (κ1) is 19.2. The maximum absolute atomic E-state index is 11.8. The molecule has 0 aliphatic carbocycles. The molecule has 1 heterocycles. The van der Waals surface area contributed by atoms with Crippen molar-refractivity contribution in [3.05, 3.63) is 53.3 Å². The number of nitrogens with one attached hydrogen (secondary N) is 1. The van der Waals surface area contributed by atoms with E-state index in [4.69, 9.17) is 14.2 Å². The summed E-state index contributed by atoms with van der Waals surface area (Å²) in [5.41, 5.74) is 2.11. The summed E-state index contributed by atoms with van der Waals surface area (Å²) >= 11 is 0. The number of rotatable bonds is 8. The number of carbonyl (C=O) groups is 2. The molecule has 0 saturated carbocycles. The molecule has 26 heavy (non-hydrogen) atoms. The topological polar surface area (TPSA) is 86.8 Å². The number of benzene rings is 1. The van der Waals surface area contributed by atoms with Gasteiger partial charge in [-0.15, -0.1) is 0 Å². The van der Waals surface area contributed by atoms with Gasteiger partial charge in [0.15, 0.2) is 18.1 Å². The van der Waals surface area contributed by atoms with Gasteiger partial charge in [-0.1, -0.05) is 6.07 Å². The first-order valence-corrected chi connectivity index (χ1v) is 8.11. The minimum atomic E-state index is -0.576. The van der Waals surface area contributed by atoms with E-state index < -0.39 is 5.97 Å². The van der Waals surface area contributed by atoms with Gasteiger partial charge in [0.1, 0.15) is 0 Å². The van der Waals surface area contributed by atoms with E-state index in [1.54, 1.807) is 26.4 Å². The zero-order valence-electron chi connectivity index (χ0n) is 15.1. The number of amides is 1. The summed E-state index contributed by atoms with van der Waals surface area (Å²) in [6.07, 6.45) is 2.04. The zero-order chi connectivity index (χ0) is 18.9. The fourth-order valence-corrected chi connectivity index (χ4v) is 2.24. The molecule has 1 aromatic heterocycles. The van der Waals surface area contributed by atoms with Crippen LogP contribution >= 0.6 is 0 Å². The molecule has 7 nitrogen and oxygen atoms in total. The molecule has 1 amide bonds. The van der Waals surface area contributed by atoms with Gasteiger partial charge < -0.3 is 19.5 Å². The number of nitrogens with zero attached hydrogens (tertiary/aromatic N) is 1. The Labute approximate surface area is 152 Å². The number of hydrogen-bond donors (Lipinski definition) is 1. The van der Waals surface area contributed by atoms with E-state index in [2.05, 4.69) is 10.3 Å². The van der Waals surface area contributed by atoms with Crippen LogP contribution in [0, 0.1) is 6.92 Å². The van der Waals surface area contributed by atoms with Crippen molar-refractivity contribution in [1.82, 2.24) is 10.3 Å². The van der Waals surface area contributed by atoms with Crippen LogP contribution in [0.5, 0.6) is 11.5 Å². The predicted molar refractivity (Wildman–Crippen MR) is 95.5 cm³/mol. The van der Waals surface area contributed by atoms with Crippen molar-refractivity contribution in [3.63, 3.8) is 0 Å². The lowest BCUT2D eigenvalue weighted by molar-refractivity contribution is -0.124. The molecule has 0 atom stereocenters. The van der Waals surface area contributed by atoms with Gasteiger partial charge in [0, 0.05) is 18.4 Å². The minimum absolute atomic E-state index is 0.314. The second-order valence-corrected chi connectivity index (χ2v) is 5.55. The Kier molecular flexibility index (Phi) is 6.96. The lowest BCUT2D eigenvalue weighted by atomic mass is 10.1. The van der Waals surface area contributed by atoms with E-state index in [0.717, 1.165) is 11.3 Å². The monoisotopic (exact) mass is 358 g/mol. The highest BCUT2D eigenvalue weighted by Crippen LogP contribution is 2.27. The van der Waals surface area contributed by atoms with Gasteiger partial charge >= 0.3 is 5.97 Å². The summed E-state index contributed by atoms with van der Waals surface area (Å²) in [4.78, 5) is 27.6. The summed E-state index contributed by atoms with van der Waals surface area (Å²) < 4.78 is 15.4. The van der Waals surface area contributed by atoms with Crippen LogP contribution in [0.4, 0.5) is 0 Å². The highest BCUT2D eigenvalue weighted by atomic mass is 16.5. The van der Waals surface area contributed by atoms with E-state index in [9.17, 15) is 9.59 Å². The van der Waals surface area contributed by atoms with Crippen molar-refractivity contribution in [3.8, 4) is 11.5 Å². The predicted octanol–water partition coefficient (Wildman–Crippen LogP) is 1.92. The van der Waals surface area contributed by atoms with Crippen LogP contribution in [-0.2, 0) is 16.0 Å². The largest absolute Gasteiger partial charge is 0.493 e. The maximum Gasteiger partial charge on any atom is 0.340 e. The molecule has 7 heteroatoms. The third-order valence-corrected chi connectivity index (χ3v) is 3.67. The first-order valence-electron chi connectivity index (χ1n) is 8.11. The second-order valence-electron chi connectivity index (χ2n) is 5.55.